The van der Waals surface area contributed by atoms with Crippen LogP contribution < -0.4 is 0 Å². The molecule has 3 atom stereocenters. The second-order valence-corrected chi connectivity index (χ2v) is 3.94. The molecule has 3 heteroatoms. The van der Waals surface area contributed by atoms with Crippen molar-refractivity contribution in [2.75, 3.05) is 0 Å². The first-order valence-electron chi connectivity index (χ1n) is 4.62. The van der Waals surface area contributed by atoms with Crippen LogP contribution in [-0.2, 0) is 14.2 Å². The average molecular weight is 172 g/mol. The Bertz CT molecular complexity index is 163. The minimum Gasteiger partial charge on any atom is -0.346 e. The van der Waals surface area contributed by atoms with E-state index in [1.807, 2.05) is 13.8 Å². The van der Waals surface area contributed by atoms with Gasteiger partial charge in [0.25, 0.3) is 0 Å². The van der Waals surface area contributed by atoms with Gasteiger partial charge in [0.15, 0.2) is 12.1 Å². The summed E-state index contributed by atoms with van der Waals surface area (Å²) in [7, 11) is 0. The molecule has 2 rings (SSSR count). The molecule has 0 aliphatic carbocycles. The Morgan fingerprint density at radius 1 is 1.33 bits per heavy atom. The van der Waals surface area contributed by atoms with E-state index in [1.54, 1.807) is 0 Å². The summed E-state index contributed by atoms with van der Waals surface area (Å²) in [5.41, 5.74) is 0. The summed E-state index contributed by atoms with van der Waals surface area (Å²) in [4.78, 5) is 0. The van der Waals surface area contributed by atoms with Crippen molar-refractivity contribution in [3.63, 3.8) is 0 Å². The third kappa shape index (κ3) is 1.37. The van der Waals surface area contributed by atoms with Gasteiger partial charge in [-0.15, -0.1) is 0 Å². The van der Waals surface area contributed by atoms with Crippen molar-refractivity contribution in [2.45, 2.75) is 57.9 Å². The van der Waals surface area contributed by atoms with Crippen molar-refractivity contribution in [1.29, 1.82) is 0 Å². The van der Waals surface area contributed by atoms with Crippen LogP contribution in [0.3, 0.4) is 0 Å². The van der Waals surface area contributed by atoms with Gasteiger partial charge in [-0.25, -0.2) is 0 Å². The first-order chi connectivity index (χ1) is 5.61. The van der Waals surface area contributed by atoms with Gasteiger partial charge in [-0.3, -0.25) is 0 Å². The van der Waals surface area contributed by atoms with E-state index < -0.39 is 5.79 Å². The fourth-order valence-electron chi connectivity index (χ4n) is 1.85. The Morgan fingerprint density at radius 2 is 2.08 bits per heavy atom. The number of hydrogen-bond donors (Lipinski definition) is 0. The summed E-state index contributed by atoms with van der Waals surface area (Å²) in [6, 6.07) is 0. The molecular formula is C9H16O3. The molecule has 70 valence electrons. The minimum absolute atomic E-state index is 0.120. The molecule has 0 amide bonds. The number of ether oxygens (including phenoxy) is 3. The third-order valence-electron chi connectivity index (χ3n) is 2.42. The van der Waals surface area contributed by atoms with Gasteiger partial charge >= 0.3 is 0 Å². The summed E-state index contributed by atoms with van der Waals surface area (Å²) in [5.74, 6) is -0.450. The van der Waals surface area contributed by atoms with Crippen LogP contribution in [0.1, 0.15) is 33.6 Å². The summed E-state index contributed by atoms with van der Waals surface area (Å²) >= 11 is 0. The van der Waals surface area contributed by atoms with E-state index in [2.05, 4.69) is 6.92 Å². The molecular weight excluding hydrogens is 156 g/mol. The van der Waals surface area contributed by atoms with Crippen LogP contribution in [0.4, 0.5) is 0 Å². The second kappa shape index (κ2) is 2.69. The molecule has 0 aromatic heterocycles. The van der Waals surface area contributed by atoms with Crippen LogP contribution >= 0.6 is 0 Å². The highest BCUT2D eigenvalue weighted by Crippen LogP contribution is 2.37. The topological polar surface area (TPSA) is 27.7 Å². The molecule has 3 unspecified atom stereocenters. The molecule has 0 saturated carbocycles. The highest BCUT2D eigenvalue weighted by Gasteiger charge is 2.47. The molecule has 0 N–H and O–H groups in total. The maximum atomic E-state index is 5.66. The van der Waals surface area contributed by atoms with Crippen molar-refractivity contribution >= 4 is 0 Å². The Labute approximate surface area is 73.0 Å². The highest BCUT2D eigenvalue weighted by atomic mass is 16.8. The Hall–Kier alpha value is -0.120. The SMILES string of the molecule is CCC1CC2OC(C)(C)OC2O1. The van der Waals surface area contributed by atoms with Crippen LogP contribution in [0.5, 0.6) is 0 Å². The number of fused-ring (bicyclic) bond motifs is 1. The monoisotopic (exact) mass is 172 g/mol. The van der Waals surface area contributed by atoms with Crippen LogP contribution in [0, 0.1) is 0 Å². The standard InChI is InChI=1S/C9H16O3/c1-4-6-5-7-8(10-6)12-9(2,3)11-7/h6-8H,4-5H2,1-3H3. The van der Waals surface area contributed by atoms with Gasteiger partial charge in [0, 0.05) is 6.42 Å². The first-order valence-corrected chi connectivity index (χ1v) is 4.62. The predicted octanol–water partition coefficient (Wildman–Crippen LogP) is 1.66. The van der Waals surface area contributed by atoms with E-state index in [-0.39, 0.29) is 12.4 Å². The average Bonchev–Trinajstić information content (AvgIpc) is 2.40. The lowest BCUT2D eigenvalue weighted by atomic mass is 10.2. The molecule has 2 aliphatic rings. The number of rotatable bonds is 1. The second-order valence-electron chi connectivity index (χ2n) is 3.94. The fourth-order valence-corrected chi connectivity index (χ4v) is 1.85. The highest BCUT2D eigenvalue weighted by molar-refractivity contribution is 4.84. The predicted molar refractivity (Wildman–Crippen MR) is 43.6 cm³/mol. The summed E-state index contributed by atoms with van der Waals surface area (Å²) in [5, 5.41) is 0. The van der Waals surface area contributed by atoms with E-state index in [9.17, 15) is 0 Å². The van der Waals surface area contributed by atoms with Gasteiger partial charge in [0.05, 0.1) is 6.10 Å². The Balaban J connectivity index is 1.97. The van der Waals surface area contributed by atoms with Crippen molar-refractivity contribution in [1.82, 2.24) is 0 Å². The summed E-state index contributed by atoms with van der Waals surface area (Å²) < 4.78 is 16.8. The fraction of sp³-hybridized carbons (Fsp3) is 1.00. The molecule has 2 aliphatic heterocycles. The molecule has 0 bridgehead atoms. The zero-order valence-electron chi connectivity index (χ0n) is 7.87. The van der Waals surface area contributed by atoms with Gasteiger partial charge in [-0.2, -0.15) is 0 Å². The van der Waals surface area contributed by atoms with Gasteiger partial charge in [0.1, 0.15) is 6.10 Å². The molecule has 2 saturated heterocycles. The summed E-state index contributed by atoms with van der Waals surface area (Å²) in [6.45, 7) is 5.97. The van der Waals surface area contributed by atoms with Crippen LogP contribution in [0.25, 0.3) is 0 Å². The molecule has 2 fully saturated rings. The Kier molecular flexibility index (Phi) is 1.90. The van der Waals surface area contributed by atoms with Gasteiger partial charge in [-0.05, 0) is 20.3 Å². The van der Waals surface area contributed by atoms with E-state index in [1.165, 1.54) is 0 Å². The molecule has 0 aromatic rings. The lowest BCUT2D eigenvalue weighted by Crippen LogP contribution is -2.24. The van der Waals surface area contributed by atoms with Gasteiger partial charge in [-0.1, -0.05) is 6.92 Å². The van der Waals surface area contributed by atoms with Crippen LogP contribution in [0.2, 0.25) is 0 Å². The largest absolute Gasteiger partial charge is 0.346 e. The van der Waals surface area contributed by atoms with Crippen LogP contribution in [-0.4, -0.2) is 24.3 Å². The van der Waals surface area contributed by atoms with Gasteiger partial charge in [0.2, 0.25) is 0 Å². The molecule has 0 radical (unpaired) electrons. The normalized spacial score (nSPS) is 44.8. The van der Waals surface area contributed by atoms with Crippen molar-refractivity contribution in [3.05, 3.63) is 0 Å². The molecule has 12 heavy (non-hydrogen) atoms. The molecule has 2 heterocycles. The van der Waals surface area contributed by atoms with Crippen molar-refractivity contribution in [2.24, 2.45) is 0 Å². The maximum Gasteiger partial charge on any atom is 0.187 e. The lowest BCUT2D eigenvalue weighted by molar-refractivity contribution is -0.204. The zero-order chi connectivity index (χ0) is 8.77. The minimum atomic E-state index is -0.450. The summed E-state index contributed by atoms with van der Waals surface area (Å²) in [6.07, 6.45) is 2.39. The molecule has 0 spiro atoms. The third-order valence-corrected chi connectivity index (χ3v) is 2.42. The number of hydrogen-bond acceptors (Lipinski definition) is 3. The van der Waals surface area contributed by atoms with Crippen LogP contribution in [0.15, 0.2) is 0 Å². The van der Waals surface area contributed by atoms with Crippen molar-refractivity contribution < 1.29 is 14.2 Å². The smallest absolute Gasteiger partial charge is 0.187 e. The zero-order valence-corrected chi connectivity index (χ0v) is 7.87. The van der Waals surface area contributed by atoms with E-state index in [0.717, 1.165) is 12.8 Å². The van der Waals surface area contributed by atoms with Gasteiger partial charge < -0.3 is 14.2 Å². The van der Waals surface area contributed by atoms with E-state index in [4.69, 9.17) is 14.2 Å². The quantitative estimate of drug-likeness (QED) is 0.602. The van der Waals surface area contributed by atoms with E-state index >= 15 is 0 Å². The van der Waals surface area contributed by atoms with Crippen molar-refractivity contribution in [3.8, 4) is 0 Å². The maximum absolute atomic E-state index is 5.66. The Morgan fingerprint density at radius 3 is 2.67 bits per heavy atom. The lowest BCUT2D eigenvalue weighted by Gasteiger charge is -2.19. The molecule has 3 nitrogen and oxygen atoms in total. The first kappa shape index (κ1) is 8.48. The molecule has 0 aromatic carbocycles. The van der Waals surface area contributed by atoms with E-state index in [0.29, 0.717) is 6.10 Å².